The van der Waals surface area contributed by atoms with E-state index in [2.05, 4.69) is 17.4 Å². The number of fused-ring (bicyclic) bond motifs is 3. The van der Waals surface area contributed by atoms with E-state index in [1.165, 1.54) is 6.08 Å². The summed E-state index contributed by atoms with van der Waals surface area (Å²) in [5.74, 6) is -1.49. The van der Waals surface area contributed by atoms with Crippen molar-refractivity contribution >= 4 is 30.4 Å². The number of hydrogen-bond donors (Lipinski definition) is 1. The number of carbonyl (C=O) groups excluding carboxylic acids is 4. The van der Waals surface area contributed by atoms with Crippen LogP contribution in [0.15, 0.2) is 91.0 Å². The van der Waals surface area contributed by atoms with Gasteiger partial charge in [0.15, 0.2) is 0 Å². The van der Waals surface area contributed by atoms with Crippen LogP contribution in [0.4, 0.5) is 4.79 Å². The van der Waals surface area contributed by atoms with Gasteiger partial charge >= 0.3 is 18.0 Å². The number of ether oxygens (including phenoxy) is 3. The minimum atomic E-state index is -0.977. The molecule has 3 aromatic carbocycles. The van der Waals surface area contributed by atoms with Crippen molar-refractivity contribution in [2.75, 3.05) is 6.61 Å². The van der Waals surface area contributed by atoms with E-state index in [0.717, 1.165) is 34.1 Å². The van der Waals surface area contributed by atoms with Crippen molar-refractivity contribution in [2.24, 2.45) is 11.3 Å². The normalized spacial score (nSPS) is 14.3. The molecule has 52 heavy (non-hydrogen) atoms. The lowest BCUT2D eigenvalue weighted by Gasteiger charge is -2.28. The topological polar surface area (TPSA) is 108 Å². The van der Waals surface area contributed by atoms with Crippen LogP contribution in [0.2, 0.25) is 0 Å². The number of amides is 1. The van der Waals surface area contributed by atoms with Gasteiger partial charge in [0.2, 0.25) is 0 Å². The van der Waals surface area contributed by atoms with E-state index in [9.17, 15) is 19.2 Å². The second kappa shape index (κ2) is 19.0. The van der Waals surface area contributed by atoms with Crippen molar-refractivity contribution < 1.29 is 33.4 Å². The van der Waals surface area contributed by atoms with Gasteiger partial charge < -0.3 is 19.5 Å². The first kappa shape index (κ1) is 41.4. The molecule has 0 fully saturated rings. The molecule has 0 bridgehead atoms. The monoisotopic (exact) mass is 709 g/mol. The molecule has 1 aliphatic carbocycles. The number of rotatable bonds is 13. The molecule has 0 heterocycles. The number of benzene rings is 3. The van der Waals surface area contributed by atoms with Gasteiger partial charge in [-0.1, -0.05) is 133 Å². The molecule has 8 nitrogen and oxygen atoms in total. The zero-order valence-electron chi connectivity index (χ0n) is 32.1. The van der Waals surface area contributed by atoms with Crippen LogP contribution in [-0.2, 0) is 23.8 Å². The summed E-state index contributed by atoms with van der Waals surface area (Å²) >= 11 is 0. The third kappa shape index (κ3) is 12.7. The van der Waals surface area contributed by atoms with Crippen LogP contribution >= 0.6 is 0 Å². The van der Waals surface area contributed by atoms with Gasteiger partial charge in [-0.05, 0) is 60.4 Å². The van der Waals surface area contributed by atoms with Crippen LogP contribution in [0, 0.1) is 11.3 Å². The van der Waals surface area contributed by atoms with Crippen molar-refractivity contribution in [3.8, 4) is 11.1 Å². The van der Waals surface area contributed by atoms with Gasteiger partial charge in [0, 0.05) is 29.9 Å². The van der Waals surface area contributed by atoms with Crippen LogP contribution in [0.1, 0.15) is 108 Å². The second-order valence-electron chi connectivity index (χ2n) is 14.9. The molecule has 0 radical (unpaired) electrons. The Hall–Kier alpha value is -4.98. The zero-order valence-corrected chi connectivity index (χ0v) is 32.1. The number of hydrogen-bond acceptors (Lipinski definition) is 7. The molecule has 3 aromatic rings. The maximum absolute atomic E-state index is 13.8. The highest BCUT2D eigenvalue weighted by Gasteiger charge is 2.33. The fourth-order valence-corrected chi connectivity index (χ4v) is 5.90. The molecule has 0 aliphatic heterocycles. The summed E-state index contributed by atoms with van der Waals surface area (Å²) in [5, 5.41) is 2.78. The number of carbonyl (C=O) groups is 4. The SMILES string of the molecule is CC.C[C@H](/C=C/c1ccc(C=O)cc1)[C@H](C/C=C/C(=O)OC(C)(C)C)OC(=O)[C@H](CC(C)(C)C)NC(=O)OCC1c2ccccc2-c2ccccc21. The van der Waals surface area contributed by atoms with E-state index < -0.39 is 35.8 Å². The lowest BCUT2D eigenvalue weighted by Crippen LogP contribution is -2.46. The molecule has 3 atom stereocenters. The van der Waals surface area contributed by atoms with E-state index in [-0.39, 0.29) is 30.3 Å². The first-order chi connectivity index (χ1) is 24.6. The minimum Gasteiger partial charge on any atom is -0.460 e. The van der Waals surface area contributed by atoms with E-state index >= 15 is 0 Å². The predicted molar refractivity (Wildman–Crippen MR) is 207 cm³/mol. The molecule has 0 aromatic heterocycles. The van der Waals surface area contributed by atoms with Gasteiger partial charge in [-0.15, -0.1) is 0 Å². The average molecular weight is 710 g/mol. The molecule has 1 amide bonds. The van der Waals surface area contributed by atoms with Crippen LogP contribution in [-0.4, -0.2) is 48.7 Å². The highest BCUT2D eigenvalue weighted by atomic mass is 16.6. The number of aldehydes is 1. The summed E-state index contributed by atoms with van der Waals surface area (Å²) in [5.41, 5.74) is 4.91. The highest BCUT2D eigenvalue weighted by Crippen LogP contribution is 2.44. The molecular formula is C44H55NO7. The van der Waals surface area contributed by atoms with Gasteiger partial charge in [0.25, 0.3) is 0 Å². The third-order valence-electron chi connectivity index (χ3n) is 8.28. The third-order valence-corrected chi connectivity index (χ3v) is 8.28. The smallest absolute Gasteiger partial charge is 0.407 e. The zero-order chi connectivity index (χ0) is 38.5. The standard InChI is InChI=1S/C42H49NO7.C2H6/c1-28(19-20-29-21-23-30(26-44)24-22-29)37(17-12-18-38(45)50-42(5,6)7)49-39(46)36(25-41(2,3)4)43-40(47)48-27-35-33-15-10-8-13-31(33)32-14-9-11-16-34(32)35;1-2/h8-16,18-24,26,28,35-37H,17,25,27H2,1-7H3,(H,43,47);1-2H3/b18-12+,20-19+;/t28-,36+,37+;/m1./s1. The molecule has 1 aliphatic rings. The van der Waals surface area contributed by atoms with Gasteiger partial charge in [-0.25, -0.2) is 14.4 Å². The van der Waals surface area contributed by atoms with Crippen molar-refractivity contribution in [2.45, 2.75) is 98.8 Å². The Morgan fingerprint density at radius 2 is 1.38 bits per heavy atom. The number of esters is 2. The molecule has 0 saturated carbocycles. The summed E-state index contributed by atoms with van der Waals surface area (Å²) < 4.78 is 17.2. The van der Waals surface area contributed by atoms with Crippen LogP contribution in [0.5, 0.6) is 0 Å². The van der Waals surface area contributed by atoms with E-state index in [1.54, 1.807) is 39.0 Å². The Morgan fingerprint density at radius 3 is 1.92 bits per heavy atom. The molecule has 8 heteroatoms. The largest absolute Gasteiger partial charge is 0.460 e. The first-order valence-corrected chi connectivity index (χ1v) is 18.1. The van der Waals surface area contributed by atoms with E-state index in [1.807, 2.05) is 102 Å². The summed E-state index contributed by atoms with van der Waals surface area (Å²) in [7, 11) is 0. The summed E-state index contributed by atoms with van der Waals surface area (Å²) in [6.07, 6.45) is 6.72. The molecular weight excluding hydrogens is 654 g/mol. The lowest BCUT2D eigenvalue weighted by molar-refractivity contribution is -0.153. The van der Waals surface area contributed by atoms with Gasteiger partial charge in [-0.3, -0.25) is 4.79 Å². The van der Waals surface area contributed by atoms with E-state index in [4.69, 9.17) is 14.2 Å². The van der Waals surface area contributed by atoms with Crippen LogP contribution in [0.3, 0.4) is 0 Å². The molecule has 1 N–H and O–H groups in total. The average Bonchev–Trinajstić information content (AvgIpc) is 3.42. The Kier molecular flexibility index (Phi) is 15.2. The minimum absolute atomic E-state index is 0.116. The fourth-order valence-electron chi connectivity index (χ4n) is 5.90. The summed E-state index contributed by atoms with van der Waals surface area (Å²) in [6, 6.07) is 22.3. The van der Waals surface area contributed by atoms with Crippen molar-refractivity contribution in [1.29, 1.82) is 0 Å². The maximum atomic E-state index is 13.8. The van der Waals surface area contributed by atoms with Crippen molar-refractivity contribution in [1.82, 2.24) is 5.32 Å². The van der Waals surface area contributed by atoms with Crippen LogP contribution < -0.4 is 5.32 Å². The summed E-state index contributed by atoms with van der Waals surface area (Å²) in [6.45, 7) is 17.3. The maximum Gasteiger partial charge on any atom is 0.407 e. The van der Waals surface area contributed by atoms with Gasteiger partial charge in [0.05, 0.1) is 0 Å². The number of alkyl carbamates (subject to hydrolysis) is 1. The first-order valence-electron chi connectivity index (χ1n) is 18.1. The molecule has 0 saturated heterocycles. The van der Waals surface area contributed by atoms with Crippen molar-refractivity contribution in [3.63, 3.8) is 0 Å². The van der Waals surface area contributed by atoms with Gasteiger partial charge in [-0.2, -0.15) is 0 Å². The van der Waals surface area contributed by atoms with E-state index in [0.29, 0.717) is 12.0 Å². The van der Waals surface area contributed by atoms with Crippen molar-refractivity contribution in [3.05, 3.63) is 113 Å². The second-order valence-corrected chi connectivity index (χ2v) is 14.9. The quantitative estimate of drug-likeness (QED) is 0.0815. The predicted octanol–water partition coefficient (Wildman–Crippen LogP) is 9.72. The molecule has 0 unspecified atom stereocenters. The Balaban J connectivity index is 0.00000358. The number of nitrogens with one attached hydrogen (secondary N) is 1. The Bertz CT molecular complexity index is 1660. The Morgan fingerprint density at radius 1 is 0.827 bits per heavy atom. The lowest BCUT2D eigenvalue weighted by atomic mass is 9.88. The molecule has 278 valence electrons. The fraction of sp³-hybridized carbons (Fsp3) is 0.409. The van der Waals surface area contributed by atoms with Gasteiger partial charge in [0.1, 0.15) is 30.6 Å². The highest BCUT2D eigenvalue weighted by molar-refractivity contribution is 5.83. The Labute approximate surface area is 309 Å². The van der Waals surface area contributed by atoms with Crippen LogP contribution in [0.25, 0.3) is 17.2 Å². The molecule has 4 rings (SSSR count). The summed E-state index contributed by atoms with van der Waals surface area (Å²) in [4.78, 5) is 50.5. The molecule has 0 spiro atoms.